The minimum atomic E-state index is -3.65. The van der Waals surface area contributed by atoms with Gasteiger partial charge in [-0.05, 0) is 25.5 Å². The van der Waals surface area contributed by atoms with Crippen molar-refractivity contribution in [3.05, 3.63) is 46.8 Å². The molecule has 8 heteroatoms. The van der Waals surface area contributed by atoms with Gasteiger partial charge in [-0.2, -0.15) is 5.10 Å². The van der Waals surface area contributed by atoms with Crippen LogP contribution in [0.5, 0.6) is 0 Å². The zero-order valence-corrected chi connectivity index (χ0v) is 13.3. The molecule has 0 bridgehead atoms. The van der Waals surface area contributed by atoms with Gasteiger partial charge < -0.3 is 5.73 Å². The Labute approximate surface area is 128 Å². The number of aryl methyl sites for hydroxylation is 2. The molecular formula is C13H16N4O2S2. The van der Waals surface area contributed by atoms with Gasteiger partial charge in [0.15, 0.2) is 0 Å². The van der Waals surface area contributed by atoms with Gasteiger partial charge in [0.25, 0.3) is 0 Å². The predicted octanol–water partition coefficient (Wildman–Crippen LogP) is 1.14. The van der Waals surface area contributed by atoms with Crippen molar-refractivity contribution in [1.29, 1.82) is 0 Å². The van der Waals surface area contributed by atoms with Gasteiger partial charge in [-0.3, -0.25) is 5.10 Å². The third-order valence-corrected chi connectivity index (χ3v) is 4.93. The van der Waals surface area contributed by atoms with Gasteiger partial charge in [0.2, 0.25) is 10.0 Å². The molecule has 2 rings (SSSR count). The quantitative estimate of drug-likeness (QED) is 0.716. The van der Waals surface area contributed by atoms with Gasteiger partial charge in [0.1, 0.15) is 4.99 Å². The van der Waals surface area contributed by atoms with Crippen molar-refractivity contribution < 1.29 is 8.42 Å². The smallest absolute Gasteiger partial charge is 0.241 e. The normalized spacial score (nSPS) is 11.5. The second-order valence-electron chi connectivity index (χ2n) is 4.69. The van der Waals surface area contributed by atoms with Crippen molar-refractivity contribution in [2.45, 2.75) is 25.3 Å². The van der Waals surface area contributed by atoms with Gasteiger partial charge in [-0.25, -0.2) is 13.1 Å². The van der Waals surface area contributed by atoms with E-state index in [1.807, 2.05) is 6.92 Å². The number of thiocarbonyl (C=S) groups is 1. The summed E-state index contributed by atoms with van der Waals surface area (Å²) in [6.45, 7) is 3.72. The van der Waals surface area contributed by atoms with Gasteiger partial charge in [0.05, 0.1) is 11.1 Å². The topological polar surface area (TPSA) is 101 Å². The van der Waals surface area contributed by atoms with E-state index in [0.29, 0.717) is 11.1 Å². The molecular weight excluding hydrogens is 308 g/mol. The Bertz CT molecular complexity index is 781. The summed E-state index contributed by atoms with van der Waals surface area (Å²) in [4.78, 5) is 0.339. The molecule has 21 heavy (non-hydrogen) atoms. The van der Waals surface area contributed by atoms with Gasteiger partial charge in [-0.15, -0.1) is 0 Å². The lowest BCUT2D eigenvalue weighted by Gasteiger charge is -2.10. The lowest BCUT2D eigenvalue weighted by Crippen LogP contribution is -2.24. The Balaban J connectivity index is 2.29. The van der Waals surface area contributed by atoms with E-state index >= 15 is 0 Å². The van der Waals surface area contributed by atoms with Crippen LogP contribution in [-0.2, 0) is 16.6 Å². The fourth-order valence-corrected chi connectivity index (χ4v) is 3.25. The molecule has 1 heterocycles. The van der Waals surface area contributed by atoms with Crippen LogP contribution in [0.3, 0.4) is 0 Å². The third-order valence-electron chi connectivity index (χ3n) is 3.15. The Morgan fingerprint density at radius 1 is 1.43 bits per heavy atom. The van der Waals surface area contributed by atoms with Crippen LogP contribution in [0.1, 0.15) is 22.4 Å². The van der Waals surface area contributed by atoms with Crippen molar-refractivity contribution in [3.63, 3.8) is 0 Å². The molecule has 0 spiro atoms. The fraction of sp³-hybridized carbons (Fsp3) is 0.231. The highest BCUT2D eigenvalue weighted by Gasteiger charge is 2.18. The maximum absolute atomic E-state index is 12.4. The van der Waals surface area contributed by atoms with Crippen LogP contribution in [0.25, 0.3) is 0 Å². The van der Waals surface area contributed by atoms with E-state index in [2.05, 4.69) is 14.9 Å². The SMILES string of the molecule is Cc1ccc(C(N)=S)cc1S(=O)(=O)NCc1cn[nH]c1C. The molecule has 1 aromatic carbocycles. The minimum absolute atomic E-state index is 0.164. The highest BCUT2D eigenvalue weighted by molar-refractivity contribution is 7.89. The summed E-state index contributed by atoms with van der Waals surface area (Å²) < 4.78 is 27.4. The number of aromatic nitrogens is 2. The molecule has 0 saturated heterocycles. The van der Waals surface area contributed by atoms with Crippen molar-refractivity contribution >= 4 is 27.2 Å². The second kappa shape index (κ2) is 5.92. The summed E-state index contributed by atoms with van der Waals surface area (Å²) in [6, 6.07) is 4.88. The number of benzene rings is 1. The summed E-state index contributed by atoms with van der Waals surface area (Å²) in [7, 11) is -3.65. The lowest BCUT2D eigenvalue weighted by atomic mass is 10.1. The molecule has 0 fully saturated rings. The Morgan fingerprint density at radius 2 is 2.14 bits per heavy atom. The van der Waals surface area contributed by atoms with Crippen molar-refractivity contribution in [3.8, 4) is 0 Å². The number of H-pyrrole nitrogens is 1. The highest BCUT2D eigenvalue weighted by atomic mass is 32.2. The standard InChI is InChI=1S/C13H16N4O2S2/c1-8-3-4-10(13(14)20)5-12(8)21(18,19)16-7-11-6-15-17-9(11)2/h3-6,16H,7H2,1-2H3,(H2,14,20)(H,15,17). The maximum Gasteiger partial charge on any atom is 0.241 e. The van der Waals surface area contributed by atoms with Gasteiger partial charge >= 0.3 is 0 Å². The number of nitrogens with zero attached hydrogens (tertiary/aromatic N) is 1. The minimum Gasteiger partial charge on any atom is -0.389 e. The molecule has 0 aliphatic carbocycles. The molecule has 6 nitrogen and oxygen atoms in total. The van der Waals surface area contributed by atoms with E-state index in [4.69, 9.17) is 18.0 Å². The van der Waals surface area contributed by atoms with Gasteiger partial charge in [-0.1, -0.05) is 24.4 Å². The Morgan fingerprint density at radius 3 is 2.71 bits per heavy atom. The number of sulfonamides is 1. The molecule has 0 amide bonds. The molecule has 112 valence electrons. The number of hydrogen-bond acceptors (Lipinski definition) is 4. The van der Waals surface area contributed by atoms with E-state index in [0.717, 1.165) is 11.3 Å². The van der Waals surface area contributed by atoms with Gasteiger partial charge in [0, 0.05) is 23.4 Å². The lowest BCUT2D eigenvalue weighted by molar-refractivity contribution is 0.580. The van der Waals surface area contributed by atoms with Crippen LogP contribution >= 0.6 is 12.2 Å². The first kappa shape index (κ1) is 15.6. The zero-order valence-electron chi connectivity index (χ0n) is 11.7. The summed E-state index contributed by atoms with van der Waals surface area (Å²) in [5.41, 5.74) is 8.32. The fourth-order valence-electron chi connectivity index (χ4n) is 1.85. The molecule has 2 aromatic rings. The van der Waals surface area contributed by atoms with E-state index in [1.165, 1.54) is 6.07 Å². The zero-order chi connectivity index (χ0) is 15.6. The monoisotopic (exact) mass is 324 g/mol. The summed E-state index contributed by atoms with van der Waals surface area (Å²) in [6.07, 6.45) is 1.59. The predicted molar refractivity (Wildman–Crippen MR) is 84.4 cm³/mol. The van der Waals surface area contributed by atoms with Crippen LogP contribution < -0.4 is 10.5 Å². The summed E-state index contributed by atoms with van der Waals surface area (Å²) >= 11 is 4.88. The van der Waals surface area contributed by atoms with Crippen molar-refractivity contribution in [1.82, 2.24) is 14.9 Å². The average molecular weight is 324 g/mol. The molecule has 0 radical (unpaired) electrons. The van der Waals surface area contributed by atoms with Crippen LogP contribution in [0.4, 0.5) is 0 Å². The van der Waals surface area contributed by atoms with Crippen molar-refractivity contribution in [2.75, 3.05) is 0 Å². The van der Waals surface area contributed by atoms with Crippen LogP contribution in [0.15, 0.2) is 29.3 Å². The molecule has 1 aromatic heterocycles. The van der Waals surface area contributed by atoms with E-state index in [9.17, 15) is 8.42 Å². The number of rotatable bonds is 5. The first-order chi connectivity index (χ1) is 9.81. The number of aromatic amines is 1. The first-order valence-corrected chi connectivity index (χ1v) is 8.09. The highest BCUT2D eigenvalue weighted by Crippen LogP contribution is 2.17. The van der Waals surface area contributed by atoms with E-state index in [1.54, 1.807) is 25.3 Å². The van der Waals surface area contributed by atoms with E-state index in [-0.39, 0.29) is 16.4 Å². The Hall–Kier alpha value is -1.77. The number of nitrogens with two attached hydrogens (primary N) is 1. The number of nitrogens with one attached hydrogen (secondary N) is 2. The van der Waals surface area contributed by atoms with Crippen molar-refractivity contribution in [2.24, 2.45) is 5.73 Å². The first-order valence-electron chi connectivity index (χ1n) is 6.20. The largest absolute Gasteiger partial charge is 0.389 e. The van der Waals surface area contributed by atoms with Crippen LogP contribution in [-0.4, -0.2) is 23.6 Å². The third kappa shape index (κ3) is 3.46. The Kier molecular flexibility index (Phi) is 4.40. The summed E-state index contributed by atoms with van der Waals surface area (Å²) in [5, 5.41) is 6.62. The van der Waals surface area contributed by atoms with E-state index < -0.39 is 10.0 Å². The second-order valence-corrected chi connectivity index (χ2v) is 6.86. The molecule has 0 aliphatic rings. The average Bonchev–Trinajstić information content (AvgIpc) is 2.82. The molecule has 0 aliphatic heterocycles. The summed E-state index contributed by atoms with van der Waals surface area (Å²) in [5.74, 6) is 0. The molecule has 4 N–H and O–H groups in total. The molecule has 0 saturated carbocycles. The number of hydrogen-bond donors (Lipinski definition) is 3. The molecule has 0 atom stereocenters. The van der Waals surface area contributed by atoms with Crippen LogP contribution in [0, 0.1) is 13.8 Å². The van der Waals surface area contributed by atoms with Crippen LogP contribution in [0.2, 0.25) is 0 Å². The molecule has 0 unspecified atom stereocenters. The maximum atomic E-state index is 12.4.